The molecule has 0 radical (unpaired) electrons. The predicted octanol–water partition coefficient (Wildman–Crippen LogP) is 6.53. The van der Waals surface area contributed by atoms with Crippen LogP contribution in [0.5, 0.6) is 0 Å². The fourth-order valence-corrected chi connectivity index (χ4v) is 4.68. The van der Waals surface area contributed by atoms with E-state index in [9.17, 15) is 4.79 Å². The third-order valence-corrected chi connectivity index (χ3v) is 6.60. The van der Waals surface area contributed by atoms with Gasteiger partial charge in [0.1, 0.15) is 11.3 Å². The van der Waals surface area contributed by atoms with Crippen LogP contribution in [-0.2, 0) is 16.7 Å². The fourth-order valence-electron chi connectivity index (χ4n) is 4.68. The number of rotatable bonds is 5. The normalized spacial score (nSPS) is 15.0. The number of carbonyl (C=O) groups is 1. The van der Waals surface area contributed by atoms with Crippen LogP contribution >= 0.6 is 0 Å². The summed E-state index contributed by atoms with van der Waals surface area (Å²) in [4.78, 5) is 17.5. The summed E-state index contributed by atoms with van der Waals surface area (Å²) in [5.41, 5.74) is 6.00. The molecule has 1 aliphatic carbocycles. The topological polar surface area (TPSA) is 68.5 Å². The Labute approximate surface area is 206 Å². The van der Waals surface area contributed by atoms with Crippen molar-refractivity contribution in [3.63, 3.8) is 0 Å². The minimum atomic E-state index is -0.526. The largest absolute Gasteiger partial charge is 0.444 e. The molecule has 6 heteroatoms. The van der Waals surface area contributed by atoms with Gasteiger partial charge in [-0.2, -0.15) is 5.10 Å². The number of hydrogen-bond donors (Lipinski definition) is 1. The Hall–Kier alpha value is -3.67. The molecule has 0 saturated heterocycles. The second kappa shape index (κ2) is 8.84. The maximum atomic E-state index is 12.5. The van der Waals surface area contributed by atoms with Gasteiger partial charge in [-0.05, 0) is 64.2 Å². The Kier molecular flexibility index (Phi) is 5.83. The fraction of sp³-hybridized carbons (Fsp3) is 0.345. The molecule has 1 N–H and O–H groups in total. The Balaban J connectivity index is 1.52. The molecular weight excluding hydrogens is 436 g/mol. The van der Waals surface area contributed by atoms with Gasteiger partial charge in [0.05, 0.1) is 16.9 Å². The van der Waals surface area contributed by atoms with Gasteiger partial charge in [0.2, 0.25) is 0 Å². The number of hydrogen-bond acceptors (Lipinski definition) is 4. The van der Waals surface area contributed by atoms with Crippen molar-refractivity contribution in [3.05, 3.63) is 78.0 Å². The van der Waals surface area contributed by atoms with Gasteiger partial charge in [-0.15, -0.1) is 0 Å². The zero-order valence-corrected chi connectivity index (χ0v) is 20.8. The molecule has 35 heavy (non-hydrogen) atoms. The first-order chi connectivity index (χ1) is 16.8. The Morgan fingerprint density at radius 1 is 1.00 bits per heavy atom. The third kappa shape index (κ3) is 4.53. The zero-order chi connectivity index (χ0) is 24.6. The van der Waals surface area contributed by atoms with E-state index in [-0.39, 0.29) is 11.6 Å². The molecule has 5 rings (SSSR count). The van der Waals surface area contributed by atoms with Gasteiger partial charge in [-0.3, -0.25) is 0 Å². The first kappa shape index (κ1) is 23.1. The van der Waals surface area contributed by atoms with Crippen LogP contribution in [0.1, 0.15) is 58.2 Å². The second-order valence-corrected chi connectivity index (χ2v) is 10.3. The number of aromatic nitrogens is 3. The second-order valence-electron chi connectivity index (χ2n) is 10.3. The van der Waals surface area contributed by atoms with E-state index in [4.69, 9.17) is 14.8 Å². The van der Waals surface area contributed by atoms with Gasteiger partial charge in [-0.25, -0.2) is 14.3 Å². The molecule has 180 valence electrons. The number of ether oxygens (including phenoxy) is 1. The van der Waals surface area contributed by atoms with Crippen LogP contribution in [0.2, 0.25) is 0 Å². The van der Waals surface area contributed by atoms with Crippen molar-refractivity contribution >= 4 is 11.7 Å². The lowest BCUT2D eigenvalue weighted by atomic mass is 9.71. The van der Waals surface area contributed by atoms with Crippen LogP contribution < -0.4 is 5.32 Å². The zero-order valence-electron chi connectivity index (χ0n) is 20.8. The number of nitrogens with one attached hydrogen (secondary N) is 1. The highest BCUT2D eigenvalue weighted by Gasteiger charge is 2.41. The van der Waals surface area contributed by atoms with Crippen molar-refractivity contribution in [1.82, 2.24) is 19.9 Å². The molecule has 0 aliphatic heterocycles. The van der Waals surface area contributed by atoms with Crippen molar-refractivity contribution in [3.8, 4) is 22.5 Å². The lowest BCUT2D eigenvalue weighted by Gasteiger charge is -2.43. The molecule has 2 aromatic carbocycles. The number of aryl methyl sites for hydroxylation is 1. The average Bonchev–Trinajstić information content (AvgIpc) is 3.19. The molecule has 1 aliphatic rings. The monoisotopic (exact) mass is 468 g/mol. The van der Waals surface area contributed by atoms with Crippen LogP contribution in [0.4, 0.5) is 4.79 Å². The number of alkyl carbamates (subject to hydrolysis) is 1. The van der Waals surface area contributed by atoms with Crippen LogP contribution in [0.25, 0.3) is 28.2 Å². The van der Waals surface area contributed by atoms with E-state index in [0.29, 0.717) is 0 Å². The summed E-state index contributed by atoms with van der Waals surface area (Å²) in [6.45, 7) is 7.75. The lowest BCUT2D eigenvalue weighted by molar-refractivity contribution is 0.0377. The smallest absolute Gasteiger partial charge is 0.408 e. The van der Waals surface area contributed by atoms with Crippen molar-refractivity contribution in [2.45, 2.75) is 64.5 Å². The standard InChI is InChI=1S/C29H32N4O2/c1-5-23-16-17-24-30-25(26(33(24)32-23)21-10-7-6-8-11-21)20-12-14-22(15-13-20)29(18-9-19-29)31-27(34)35-28(2,3)4/h6-8,10-17H,5,9,18-19H2,1-4H3,(H,31,34). The van der Waals surface area contributed by atoms with Gasteiger partial charge >= 0.3 is 6.09 Å². The summed E-state index contributed by atoms with van der Waals surface area (Å²) in [5, 5.41) is 7.99. The Morgan fingerprint density at radius 2 is 1.71 bits per heavy atom. The third-order valence-electron chi connectivity index (χ3n) is 6.60. The summed E-state index contributed by atoms with van der Waals surface area (Å²) in [6.07, 6.45) is 3.37. The SMILES string of the molecule is CCc1ccc2nc(-c3ccc(C4(NC(=O)OC(C)(C)C)CCC4)cc3)c(-c3ccccc3)n2n1. The highest BCUT2D eigenvalue weighted by atomic mass is 16.6. The molecule has 2 aromatic heterocycles. The number of amides is 1. The van der Waals surface area contributed by atoms with Gasteiger partial charge in [-0.1, -0.05) is 61.5 Å². The van der Waals surface area contributed by atoms with E-state index in [0.717, 1.165) is 65.1 Å². The molecule has 0 bridgehead atoms. The molecule has 1 amide bonds. The van der Waals surface area contributed by atoms with Crippen LogP contribution in [0.15, 0.2) is 66.7 Å². The molecule has 1 saturated carbocycles. The number of imidazole rings is 1. The van der Waals surface area contributed by atoms with Gasteiger partial charge in [0.15, 0.2) is 5.65 Å². The summed E-state index contributed by atoms with van der Waals surface area (Å²) < 4.78 is 7.48. The Bertz CT molecular complexity index is 1350. The van der Waals surface area contributed by atoms with Crippen molar-refractivity contribution in [2.24, 2.45) is 0 Å². The quantitative estimate of drug-likeness (QED) is 0.362. The molecule has 6 nitrogen and oxygen atoms in total. The summed E-state index contributed by atoms with van der Waals surface area (Å²) in [7, 11) is 0. The van der Waals surface area contributed by atoms with E-state index in [1.54, 1.807) is 0 Å². The van der Waals surface area contributed by atoms with Gasteiger partial charge < -0.3 is 10.1 Å². The first-order valence-corrected chi connectivity index (χ1v) is 12.3. The van der Waals surface area contributed by atoms with Crippen molar-refractivity contribution in [1.29, 1.82) is 0 Å². The number of carbonyl (C=O) groups excluding carboxylic acids is 1. The van der Waals surface area contributed by atoms with Crippen LogP contribution in [0.3, 0.4) is 0 Å². The van der Waals surface area contributed by atoms with E-state index in [1.165, 1.54) is 0 Å². The summed E-state index contributed by atoms with van der Waals surface area (Å²) >= 11 is 0. The van der Waals surface area contributed by atoms with Crippen LogP contribution in [0, 0.1) is 0 Å². The maximum Gasteiger partial charge on any atom is 0.408 e. The number of benzene rings is 2. The molecular formula is C29H32N4O2. The summed E-state index contributed by atoms with van der Waals surface area (Å²) in [6, 6.07) is 22.7. The van der Waals surface area contributed by atoms with E-state index >= 15 is 0 Å². The molecule has 0 atom stereocenters. The predicted molar refractivity (Wildman–Crippen MR) is 138 cm³/mol. The highest BCUT2D eigenvalue weighted by molar-refractivity contribution is 5.81. The first-order valence-electron chi connectivity index (χ1n) is 12.3. The molecule has 0 unspecified atom stereocenters. The van der Waals surface area contributed by atoms with E-state index in [2.05, 4.69) is 48.6 Å². The van der Waals surface area contributed by atoms with Crippen molar-refractivity contribution < 1.29 is 9.53 Å². The Morgan fingerprint density at radius 3 is 2.31 bits per heavy atom. The molecule has 0 spiro atoms. The highest BCUT2D eigenvalue weighted by Crippen LogP contribution is 2.42. The van der Waals surface area contributed by atoms with E-state index in [1.807, 2.05) is 55.6 Å². The molecule has 1 fully saturated rings. The minimum Gasteiger partial charge on any atom is -0.444 e. The maximum absolute atomic E-state index is 12.5. The molecule has 4 aromatic rings. The van der Waals surface area contributed by atoms with Crippen molar-refractivity contribution in [2.75, 3.05) is 0 Å². The average molecular weight is 469 g/mol. The van der Waals surface area contributed by atoms with Crippen LogP contribution in [-0.4, -0.2) is 26.3 Å². The lowest BCUT2D eigenvalue weighted by Crippen LogP contribution is -2.52. The van der Waals surface area contributed by atoms with Gasteiger partial charge in [0.25, 0.3) is 0 Å². The summed E-state index contributed by atoms with van der Waals surface area (Å²) in [5.74, 6) is 0. The number of fused-ring (bicyclic) bond motifs is 1. The minimum absolute atomic E-state index is 0.370. The number of nitrogens with zero attached hydrogens (tertiary/aromatic N) is 3. The molecule has 2 heterocycles. The van der Waals surface area contributed by atoms with E-state index < -0.39 is 5.60 Å². The van der Waals surface area contributed by atoms with Gasteiger partial charge in [0, 0.05) is 11.1 Å².